The van der Waals surface area contributed by atoms with Crippen LogP contribution in [0.1, 0.15) is 22.6 Å². The summed E-state index contributed by atoms with van der Waals surface area (Å²) in [5, 5.41) is 0.780. The van der Waals surface area contributed by atoms with Gasteiger partial charge >= 0.3 is 0 Å². The van der Waals surface area contributed by atoms with Crippen LogP contribution in [-0.4, -0.2) is 7.11 Å². The molecule has 1 aliphatic rings. The Morgan fingerprint density at radius 2 is 1.61 bits per heavy atom. The number of fused-ring (bicyclic) bond motifs is 2. The van der Waals surface area contributed by atoms with Gasteiger partial charge in [0.2, 0.25) is 0 Å². The molecule has 0 N–H and O–H groups in total. The molecule has 1 atom stereocenters. The van der Waals surface area contributed by atoms with Crippen LogP contribution in [0.3, 0.4) is 0 Å². The third kappa shape index (κ3) is 2.62. The topological polar surface area (TPSA) is 9.23 Å². The molecule has 0 aromatic heterocycles. The normalized spacial score (nSPS) is 15.7. The van der Waals surface area contributed by atoms with E-state index < -0.39 is 0 Å². The van der Waals surface area contributed by atoms with Gasteiger partial charge in [-0.15, -0.1) is 0 Å². The lowest BCUT2D eigenvalue weighted by atomic mass is 9.84. The number of benzene rings is 3. The lowest BCUT2D eigenvalue weighted by Crippen LogP contribution is -2.10. The van der Waals surface area contributed by atoms with E-state index in [2.05, 4.69) is 48.5 Å². The maximum absolute atomic E-state index is 6.27. The Bertz CT molecular complexity index is 858. The van der Waals surface area contributed by atoms with Crippen LogP contribution >= 0.6 is 23.4 Å². The van der Waals surface area contributed by atoms with Gasteiger partial charge in [-0.2, -0.15) is 0 Å². The van der Waals surface area contributed by atoms with E-state index in [1.165, 1.54) is 26.5 Å². The summed E-state index contributed by atoms with van der Waals surface area (Å²) in [5.74, 6) is 1.07. The molecule has 0 radical (unpaired) electrons. The van der Waals surface area contributed by atoms with Crippen LogP contribution in [-0.2, 0) is 0 Å². The van der Waals surface area contributed by atoms with Gasteiger partial charge in [0.25, 0.3) is 0 Å². The smallest absolute Gasteiger partial charge is 0.118 e. The fourth-order valence-electron chi connectivity index (χ4n) is 3.09. The van der Waals surface area contributed by atoms with Gasteiger partial charge in [-0.25, -0.2) is 0 Å². The van der Waals surface area contributed by atoms with Crippen LogP contribution in [0.25, 0.3) is 0 Å². The molecule has 0 saturated carbocycles. The van der Waals surface area contributed by atoms with Crippen LogP contribution in [0.15, 0.2) is 76.5 Å². The molecule has 0 spiro atoms. The van der Waals surface area contributed by atoms with Gasteiger partial charge < -0.3 is 4.74 Å². The van der Waals surface area contributed by atoms with E-state index in [1.807, 2.05) is 30.0 Å². The number of hydrogen-bond donors (Lipinski definition) is 0. The van der Waals surface area contributed by atoms with Crippen molar-refractivity contribution >= 4 is 23.4 Å². The average molecular weight is 339 g/mol. The Balaban J connectivity index is 1.91. The Hall–Kier alpha value is -1.90. The number of rotatable bonds is 2. The van der Waals surface area contributed by atoms with Crippen molar-refractivity contribution in [2.75, 3.05) is 7.11 Å². The third-order valence-corrected chi connectivity index (χ3v) is 5.60. The van der Waals surface area contributed by atoms with Gasteiger partial charge in [0.15, 0.2) is 0 Å². The summed E-state index contributed by atoms with van der Waals surface area (Å²) in [6, 6.07) is 23.1. The number of ether oxygens (including phenoxy) is 1. The fourth-order valence-corrected chi connectivity index (χ4v) is 4.39. The van der Waals surface area contributed by atoms with E-state index in [0.29, 0.717) is 0 Å². The monoisotopic (exact) mass is 338 g/mol. The standard InChI is InChI=1S/C20H15ClOS/c1-22-15-9-6-13(7-10-15)20-16-4-2-3-5-18(16)23-19-11-8-14(21)12-17(19)20/h2-12,20H,1H3. The zero-order chi connectivity index (χ0) is 15.8. The molecule has 4 rings (SSSR count). The minimum absolute atomic E-state index is 0.201. The summed E-state index contributed by atoms with van der Waals surface area (Å²) in [6.45, 7) is 0. The maximum Gasteiger partial charge on any atom is 0.118 e. The first-order chi connectivity index (χ1) is 11.3. The summed E-state index contributed by atoms with van der Waals surface area (Å²) in [4.78, 5) is 2.58. The molecular weight excluding hydrogens is 324 g/mol. The molecule has 23 heavy (non-hydrogen) atoms. The zero-order valence-electron chi connectivity index (χ0n) is 12.6. The van der Waals surface area contributed by atoms with Gasteiger partial charge in [0.1, 0.15) is 5.75 Å². The Morgan fingerprint density at radius 1 is 0.870 bits per heavy atom. The van der Waals surface area contributed by atoms with Crippen LogP contribution in [0.2, 0.25) is 5.02 Å². The zero-order valence-corrected chi connectivity index (χ0v) is 14.2. The van der Waals surface area contributed by atoms with Gasteiger partial charge in [-0.05, 0) is 53.1 Å². The summed E-state index contributed by atoms with van der Waals surface area (Å²) >= 11 is 8.09. The predicted molar refractivity (Wildman–Crippen MR) is 96.0 cm³/mol. The highest BCUT2D eigenvalue weighted by Crippen LogP contribution is 2.49. The predicted octanol–water partition coefficient (Wildman–Crippen LogP) is 5.99. The summed E-state index contributed by atoms with van der Waals surface area (Å²) < 4.78 is 5.29. The Kier molecular flexibility index (Phi) is 3.80. The first-order valence-corrected chi connectivity index (χ1v) is 8.66. The largest absolute Gasteiger partial charge is 0.497 e. The van der Waals surface area contributed by atoms with Gasteiger partial charge in [0, 0.05) is 20.7 Å². The SMILES string of the molecule is COc1ccc(C2c3ccccc3Sc3ccc(Cl)cc32)cc1. The summed E-state index contributed by atoms with van der Waals surface area (Å²) in [7, 11) is 1.69. The lowest BCUT2D eigenvalue weighted by Gasteiger charge is -2.28. The first kappa shape index (κ1) is 14.7. The molecule has 0 aliphatic carbocycles. The molecule has 114 valence electrons. The molecule has 1 heterocycles. The van der Waals surface area contributed by atoms with Crippen LogP contribution in [0.5, 0.6) is 5.75 Å². The molecule has 3 heteroatoms. The summed E-state index contributed by atoms with van der Waals surface area (Å²) in [5.41, 5.74) is 3.85. The van der Waals surface area contributed by atoms with Gasteiger partial charge in [-0.1, -0.05) is 53.7 Å². The van der Waals surface area contributed by atoms with E-state index in [1.54, 1.807) is 7.11 Å². The molecule has 1 nitrogen and oxygen atoms in total. The van der Waals surface area contributed by atoms with Crippen LogP contribution < -0.4 is 4.74 Å². The minimum atomic E-state index is 0.201. The van der Waals surface area contributed by atoms with E-state index in [4.69, 9.17) is 16.3 Å². The number of methoxy groups -OCH3 is 1. The molecule has 0 saturated heterocycles. The van der Waals surface area contributed by atoms with Gasteiger partial charge in [-0.3, -0.25) is 0 Å². The second-order valence-corrected chi connectivity index (χ2v) is 7.05. The second-order valence-electron chi connectivity index (χ2n) is 5.53. The van der Waals surface area contributed by atoms with E-state index in [0.717, 1.165) is 10.8 Å². The first-order valence-electron chi connectivity index (χ1n) is 7.46. The van der Waals surface area contributed by atoms with E-state index in [9.17, 15) is 0 Å². The van der Waals surface area contributed by atoms with Crippen LogP contribution in [0.4, 0.5) is 0 Å². The third-order valence-electron chi connectivity index (χ3n) is 4.18. The van der Waals surface area contributed by atoms with Crippen molar-refractivity contribution in [3.8, 4) is 5.75 Å². The maximum atomic E-state index is 6.27. The highest BCUT2D eigenvalue weighted by molar-refractivity contribution is 7.99. The highest BCUT2D eigenvalue weighted by atomic mass is 35.5. The Labute approximate surface area is 145 Å². The molecule has 1 aliphatic heterocycles. The van der Waals surface area contributed by atoms with Crippen molar-refractivity contribution in [1.29, 1.82) is 0 Å². The Morgan fingerprint density at radius 3 is 2.39 bits per heavy atom. The van der Waals surface area contributed by atoms with Crippen LogP contribution in [0, 0.1) is 0 Å². The molecule has 0 fully saturated rings. The molecule has 1 unspecified atom stereocenters. The molecule has 0 amide bonds. The quantitative estimate of drug-likeness (QED) is 0.443. The van der Waals surface area contributed by atoms with Crippen molar-refractivity contribution in [2.24, 2.45) is 0 Å². The molecule has 3 aromatic carbocycles. The number of halogens is 1. The van der Waals surface area contributed by atoms with Crippen molar-refractivity contribution in [1.82, 2.24) is 0 Å². The fraction of sp³-hybridized carbons (Fsp3) is 0.100. The molecular formula is C20H15ClOS. The van der Waals surface area contributed by atoms with E-state index in [-0.39, 0.29) is 5.92 Å². The highest BCUT2D eigenvalue weighted by Gasteiger charge is 2.27. The van der Waals surface area contributed by atoms with Crippen molar-refractivity contribution in [2.45, 2.75) is 15.7 Å². The lowest BCUT2D eigenvalue weighted by molar-refractivity contribution is 0.414. The summed E-state index contributed by atoms with van der Waals surface area (Å²) in [6.07, 6.45) is 0. The molecule has 0 bridgehead atoms. The molecule has 3 aromatic rings. The minimum Gasteiger partial charge on any atom is -0.497 e. The van der Waals surface area contributed by atoms with Crippen molar-refractivity contribution in [3.05, 3.63) is 88.4 Å². The van der Waals surface area contributed by atoms with Crippen molar-refractivity contribution < 1.29 is 4.74 Å². The van der Waals surface area contributed by atoms with E-state index >= 15 is 0 Å². The second kappa shape index (κ2) is 5.95. The average Bonchev–Trinajstić information content (AvgIpc) is 2.60. The van der Waals surface area contributed by atoms with Crippen molar-refractivity contribution in [3.63, 3.8) is 0 Å². The number of hydrogen-bond acceptors (Lipinski definition) is 2. The van der Waals surface area contributed by atoms with Gasteiger partial charge in [0.05, 0.1) is 7.11 Å².